The summed E-state index contributed by atoms with van der Waals surface area (Å²) in [6.45, 7) is 1.51. The lowest BCUT2D eigenvalue weighted by Crippen LogP contribution is -1.93. The van der Waals surface area contributed by atoms with E-state index in [2.05, 4.69) is 23.7 Å². The Morgan fingerprint density at radius 2 is 1.64 bits per heavy atom. The van der Waals surface area contributed by atoms with E-state index in [1.54, 1.807) is 47.7 Å². The van der Waals surface area contributed by atoms with Crippen molar-refractivity contribution in [3.8, 4) is 23.7 Å². The molecular weight excluding hydrogens is 390 g/mol. The Morgan fingerprint density at radius 1 is 0.964 bits per heavy atom. The molecule has 0 saturated carbocycles. The highest BCUT2D eigenvalue weighted by Gasteiger charge is 2.12. The number of nitro groups is 1. The molecule has 0 aliphatic heterocycles. The number of thiophene rings is 1. The highest BCUT2D eigenvalue weighted by atomic mass is 32.2. The second kappa shape index (κ2) is 9.05. The molecule has 3 rings (SSSR count). The van der Waals surface area contributed by atoms with Gasteiger partial charge in [0.2, 0.25) is 0 Å². The molecule has 6 heteroatoms. The van der Waals surface area contributed by atoms with Crippen LogP contribution < -0.4 is 0 Å². The van der Waals surface area contributed by atoms with Gasteiger partial charge in [0.25, 0.3) is 5.69 Å². The molecule has 0 bridgehead atoms. The Hall–Kier alpha value is -3.32. The Bertz CT molecular complexity index is 1140. The van der Waals surface area contributed by atoms with Crippen LogP contribution in [0.2, 0.25) is 0 Å². The Morgan fingerprint density at radius 3 is 2.29 bits per heavy atom. The summed E-state index contributed by atoms with van der Waals surface area (Å²) in [6, 6.07) is 13.8. The van der Waals surface area contributed by atoms with Crippen LogP contribution in [0.4, 0.5) is 5.69 Å². The molecule has 0 aliphatic carbocycles. The molecule has 4 nitrogen and oxygen atoms in total. The van der Waals surface area contributed by atoms with E-state index in [1.807, 2.05) is 16.8 Å². The fourth-order valence-corrected chi connectivity index (χ4v) is 3.45. The third-order valence-corrected chi connectivity index (χ3v) is 5.00. The van der Waals surface area contributed by atoms with Crippen LogP contribution in [0.3, 0.4) is 0 Å². The maximum Gasteiger partial charge on any atom is 0.286 e. The zero-order chi connectivity index (χ0) is 19.9. The van der Waals surface area contributed by atoms with Crippen molar-refractivity contribution >= 4 is 33.9 Å². The topological polar surface area (TPSA) is 60.2 Å². The van der Waals surface area contributed by atoms with Crippen LogP contribution in [-0.2, 0) is 4.79 Å². The van der Waals surface area contributed by atoms with Crippen LogP contribution in [0.1, 0.15) is 29.2 Å². The van der Waals surface area contributed by atoms with Crippen molar-refractivity contribution in [2.75, 3.05) is 0 Å². The van der Waals surface area contributed by atoms with Gasteiger partial charge in [0.1, 0.15) is 5.56 Å². The van der Waals surface area contributed by atoms with E-state index < -0.39 is 4.92 Å². The van der Waals surface area contributed by atoms with Crippen LogP contribution >= 0.6 is 23.1 Å². The minimum Gasteiger partial charge on any atom is -0.287 e. The lowest BCUT2D eigenvalue weighted by atomic mass is 10.1. The molecule has 0 fully saturated rings. The Balaban J connectivity index is 1.85. The van der Waals surface area contributed by atoms with Gasteiger partial charge in [-0.3, -0.25) is 14.9 Å². The van der Waals surface area contributed by atoms with Gasteiger partial charge < -0.3 is 0 Å². The first-order chi connectivity index (χ1) is 13.5. The number of nitrogens with zero attached hydrogens (tertiary/aromatic N) is 1. The maximum atomic E-state index is 11.4. The lowest BCUT2D eigenvalue weighted by Gasteiger charge is -1.98. The summed E-state index contributed by atoms with van der Waals surface area (Å²) in [6.07, 6.45) is 0. The fourth-order valence-electron chi connectivity index (χ4n) is 2.26. The van der Waals surface area contributed by atoms with Gasteiger partial charge >= 0.3 is 0 Å². The first kappa shape index (κ1) is 19.4. The predicted molar refractivity (Wildman–Crippen MR) is 112 cm³/mol. The molecule has 0 aliphatic rings. The normalized spacial score (nSPS) is 9.61. The number of thioether (sulfide) groups is 1. The number of hydrogen-bond donors (Lipinski definition) is 0. The summed E-state index contributed by atoms with van der Waals surface area (Å²) in [5.74, 6) is 11.7. The van der Waals surface area contributed by atoms with E-state index in [0.29, 0.717) is 16.7 Å². The van der Waals surface area contributed by atoms with Gasteiger partial charge in [-0.15, -0.1) is 0 Å². The van der Waals surface area contributed by atoms with Gasteiger partial charge in [-0.05, 0) is 47.8 Å². The number of rotatable bonds is 2. The van der Waals surface area contributed by atoms with Crippen LogP contribution in [0.5, 0.6) is 0 Å². The van der Waals surface area contributed by atoms with Crippen LogP contribution in [0.15, 0.2) is 64.2 Å². The highest BCUT2D eigenvalue weighted by molar-refractivity contribution is 8.13. The van der Waals surface area contributed by atoms with E-state index in [0.717, 1.165) is 22.2 Å². The molecular formula is C22H13NO3S2. The minimum atomic E-state index is -0.452. The molecule has 0 spiro atoms. The third-order valence-electron chi connectivity index (χ3n) is 3.52. The largest absolute Gasteiger partial charge is 0.287 e. The second-order valence-electron chi connectivity index (χ2n) is 5.62. The van der Waals surface area contributed by atoms with Gasteiger partial charge in [0.15, 0.2) is 5.12 Å². The van der Waals surface area contributed by atoms with Crippen molar-refractivity contribution in [3.63, 3.8) is 0 Å². The third kappa shape index (κ3) is 5.34. The van der Waals surface area contributed by atoms with Crippen LogP contribution in [0.25, 0.3) is 0 Å². The van der Waals surface area contributed by atoms with Crippen molar-refractivity contribution < 1.29 is 9.72 Å². The average molecular weight is 403 g/mol. The molecule has 0 unspecified atom stereocenters. The molecule has 1 aromatic heterocycles. The summed E-state index contributed by atoms with van der Waals surface area (Å²) in [7, 11) is 0. The molecule has 1 heterocycles. The summed E-state index contributed by atoms with van der Waals surface area (Å²) >= 11 is 2.69. The number of nitro benzene ring substituents is 1. The van der Waals surface area contributed by atoms with Crippen molar-refractivity contribution in [1.29, 1.82) is 0 Å². The summed E-state index contributed by atoms with van der Waals surface area (Å²) in [5.41, 5.74) is 2.40. The van der Waals surface area contributed by atoms with Gasteiger partial charge in [-0.25, -0.2) is 0 Å². The van der Waals surface area contributed by atoms with Gasteiger partial charge in [-0.2, -0.15) is 11.3 Å². The standard InChI is InChI=1S/C22H13NO3S2/c1-16(24)28-21-10-6-17(7-11-21)4-8-20-9-5-18(14-22(20)23(25)26)2-3-19-12-13-27-15-19/h5-7,9-15H,1H3. The van der Waals surface area contributed by atoms with E-state index in [-0.39, 0.29) is 10.8 Å². The Kier molecular flexibility index (Phi) is 6.29. The second-order valence-corrected chi connectivity index (χ2v) is 7.65. The van der Waals surface area contributed by atoms with Crippen molar-refractivity contribution in [2.24, 2.45) is 0 Å². The molecule has 136 valence electrons. The summed E-state index contributed by atoms with van der Waals surface area (Å²) in [5, 5.41) is 15.3. The Labute approximate surface area is 170 Å². The average Bonchev–Trinajstić information content (AvgIpc) is 3.19. The quantitative estimate of drug-likeness (QED) is 0.259. The van der Waals surface area contributed by atoms with E-state index in [4.69, 9.17) is 0 Å². The molecule has 0 N–H and O–H groups in total. The first-order valence-corrected chi connectivity index (χ1v) is 9.90. The first-order valence-electron chi connectivity index (χ1n) is 8.14. The fraction of sp³-hybridized carbons (Fsp3) is 0.0455. The van der Waals surface area contributed by atoms with Crippen molar-refractivity contribution in [1.82, 2.24) is 0 Å². The monoisotopic (exact) mass is 403 g/mol. The van der Waals surface area contributed by atoms with Gasteiger partial charge in [0.05, 0.1) is 4.92 Å². The molecule has 28 heavy (non-hydrogen) atoms. The van der Waals surface area contributed by atoms with E-state index in [9.17, 15) is 14.9 Å². The molecule has 0 radical (unpaired) electrons. The number of carbonyl (C=O) groups excluding carboxylic acids is 1. The maximum absolute atomic E-state index is 11.4. The van der Waals surface area contributed by atoms with Crippen molar-refractivity contribution in [2.45, 2.75) is 11.8 Å². The number of hydrogen-bond acceptors (Lipinski definition) is 5. The lowest BCUT2D eigenvalue weighted by molar-refractivity contribution is -0.385. The number of carbonyl (C=O) groups is 1. The summed E-state index contributed by atoms with van der Waals surface area (Å²) in [4.78, 5) is 22.9. The number of benzene rings is 2. The molecule has 0 saturated heterocycles. The molecule has 0 amide bonds. The van der Waals surface area contributed by atoms with E-state index >= 15 is 0 Å². The van der Waals surface area contributed by atoms with E-state index in [1.165, 1.54) is 13.0 Å². The molecule has 0 atom stereocenters. The molecule has 2 aromatic carbocycles. The predicted octanol–water partition coefficient (Wildman–Crippen LogP) is 5.09. The smallest absolute Gasteiger partial charge is 0.286 e. The molecule has 3 aromatic rings. The van der Waals surface area contributed by atoms with Crippen LogP contribution in [0, 0.1) is 33.8 Å². The van der Waals surface area contributed by atoms with Gasteiger partial charge in [-0.1, -0.05) is 35.4 Å². The van der Waals surface area contributed by atoms with Gasteiger partial charge in [0, 0.05) is 40.0 Å². The zero-order valence-electron chi connectivity index (χ0n) is 14.8. The zero-order valence-corrected chi connectivity index (χ0v) is 16.4. The summed E-state index contributed by atoms with van der Waals surface area (Å²) < 4.78 is 0. The SMILES string of the molecule is CC(=O)Sc1ccc(C#Cc2ccc(C#Cc3ccsc3)cc2[N+](=O)[O-])cc1. The minimum absolute atomic E-state index is 0.0108. The van der Waals surface area contributed by atoms with Crippen molar-refractivity contribution in [3.05, 3.63) is 91.7 Å². The van der Waals surface area contributed by atoms with Crippen LogP contribution in [-0.4, -0.2) is 10.0 Å². The highest BCUT2D eigenvalue weighted by Crippen LogP contribution is 2.21.